The summed E-state index contributed by atoms with van der Waals surface area (Å²) in [5, 5.41) is 9.75. The highest BCUT2D eigenvalue weighted by Gasteiger charge is 2.12. The van der Waals surface area contributed by atoms with Gasteiger partial charge in [0.25, 0.3) is 0 Å². The first-order valence-corrected chi connectivity index (χ1v) is 9.34. The second-order valence-corrected chi connectivity index (χ2v) is 6.70. The van der Waals surface area contributed by atoms with Crippen molar-refractivity contribution < 1.29 is 23.5 Å². The van der Waals surface area contributed by atoms with E-state index in [9.17, 15) is 9.32 Å². The van der Waals surface area contributed by atoms with Gasteiger partial charge in [-0.3, -0.25) is 8.78 Å². The summed E-state index contributed by atoms with van der Waals surface area (Å²) in [5.74, 6) is 0.453. The van der Waals surface area contributed by atoms with E-state index in [2.05, 4.69) is 4.98 Å². The molecule has 1 N–H and O–H groups in total. The fraction of sp³-hybridized carbons (Fsp3) is 0.471. The van der Waals surface area contributed by atoms with Crippen LogP contribution < -0.4 is 0 Å². The lowest BCUT2D eigenvalue weighted by Gasteiger charge is -2.09. The molecule has 0 bridgehead atoms. The minimum Gasteiger partial charge on any atom is -0.392 e. The maximum absolute atomic E-state index is 12.5. The summed E-state index contributed by atoms with van der Waals surface area (Å²) < 4.78 is 29.7. The molecule has 1 aromatic heterocycles. The highest BCUT2D eigenvalue weighted by molar-refractivity contribution is 7.84. The Hall–Kier alpha value is -1.58. The van der Waals surface area contributed by atoms with Crippen molar-refractivity contribution in [2.75, 3.05) is 39.5 Å². The van der Waals surface area contributed by atoms with Crippen molar-refractivity contribution in [2.45, 2.75) is 18.2 Å². The van der Waals surface area contributed by atoms with E-state index < -0.39 is 10.8 Å². The van der Waals surface area contributed by atoms with Crippen molar-refractivity contribution in [2.24, 2.45) is 0 Å². The van der Waals surface area contributed by atoms with Crippen LogP contribution in [0.1, 0.15) is 12.0 Å². The van der Waals surface area contributed by atoms with Gasteiger partial charge in [0.15, 0.2) is 0 Å². The van der Waals surface area contributed by atoms with Crippen molar-refractivity contribution in [1.82, 2.24) is 9.55 Å². The number of imidazole rings is 1. The third kappa shape index (κ3) is 6.33. The van der Waals surface area contributed by atoms with E-state index in [-0.39, 0.29) is 13.4 Å². The number of methoxy groups -OCH3 is 1. The zero-order chi connectivity index (χ0) is 17.9. The molecular weight excluding hydrogens is 344 g/mol. The molecule has 2 aromatic rings. The Balaban J connectivity index is 1.82. The first-order chi connectivity index (χ1) is 12.3. The van der Waals surface area contributed by atoms with E-state index in [1.165, 1.54) is 0 Å². The Morgan fingerprint density at radius 1 is 1.24 bits per heavy atom. The number of aliphatic hydroxyl groups is 1. The second-order valence-electron chi connectivity index (χ2n) is 5.24. The monoisotopic (exact) mass is 368 g/mol. The van der Waals surface area contributed by atoms with E-state index in [1.807, 2.05) is 24.3 Å². The smallest absolute Gasteiger partial charge is 0.203 e. The molecule has 1 heterocycles. The molecule has 2 rings (SSSR count). The number of hydrogen-bond acceptors (Lipinski definition) is 6. The van der Waals surface area contributed by atoms with Gasteiger partial charge in [0.1, 0.15) is 6.79 Å². The Morgan fingerprint density at radius 3 is 2.88 bits per heavy atom. The van der Waals surface area contributed by atoms with E-state index in [1.54, 1.807) is 24.1 Å². The zero-order valence-electron chi connectivity index (χ0n) is 14.3. The highest BCUT2D eigenvalue weighted by atomic mass is 32.2. The predicted octanol–water partition coefficient (Wildman–Crippen LogP) is 1.50. The van der Waals surface area contributed by atoms with Gasteiger partial charge in [0.2, 0.25) is 5.16 Å². The largest absolute Gasteiger partial charge is 0.392 e. The van der Waals surface area contributed by atoms with Crippen molar-refractivity contribution in [1.29, 1.82) is 0 Å². The first kappa shape index (κ1) is 19.7. The molecule has 7 nitrogen and oxygen atoms in total. The van der Waals surface area contributed by atoms with Crippen LogP contribution in [0.2, 0.25) is 0 Å². The quantitative estimate of drug-likeness (QED) is 0.452. The maximum atomic E-state index is 12.5. The minimum absolute atomic E-state index is 0.0370. The van der Waals surface area contributed by atoms with Crippen LogP contribution in [0, 0.1) is 0 Å². The third-order valence-electron chi connectivity index (χ3n) is 3.40. The summed E-state index contributed by atoms with van der Waals surface area (Å²) in [4.78, 5) is 4.22. The van der Waals surface area contributed by atoms with Gasteiger partial charge < -0.3 is 19.3 Å². The first-order valence-electron chi connectivity index (χ1n) is 8.02. The molecule has 0 radical (unpaired) electrons. The van der Waals surface area contributed by atoms with Gasteiger partial charge in [-0.1, -0.05) is 12.1 Å². The van der Waals surface area contributed by atoms with Crippen LogP contribution in [0.4, 0.5) is 0 Å². The molecule has 0 spiro atoms. The maximum Gasteiger partial charge on any atom is 0.203 e. The Labute approximate surface area is 150 Å². The summed E-state index contributed by atoms with van der Waals surface area (Å²) in [6.45, 7) is 1.67. The van der Waals surface area contributed by atoms with Gasteiger partial charge in [0.05, 0.1) is 37.2 Å². The number of aromatic nitrogens is 2. The van der Waals surface area contributed by atoms with Gasteiger partial charge in [-0.2, -0.15) is 0 Å². The van der Waals surface area contributed by atoms with Crippen molar-refractivity contribution in [3.05, 3.63) is 42.2 Å². The summed E-state index contributed by atoms with van der Waals surface area (Å²) in [5.41, 5.74) is 1.62. The fourth-order valence-electron chi connectivity index (χ4n) is 2.16. The van der Waals surface area contributed by atoms with Crippen molar-refractivity contribution >= 4 is 10.8 Å². The lowest BCUT2D eigenvalue weighted by molar-refractivity contribution is -0.0652. The molecule has 0 saturated heterocycles. The molecule has 138 valence electrons. The molecule has 8 heteroatoms. The van der Waals surface area contributed by atoms with Crippen LogP contribution in [0.3, 0.4) is 0 Å². The van der Waals surface area contributed by atoms with Crippen molar-refractivity contribution in [3.63, 3.8) is 0 Å². The SMILES string of the molecule is COCCOCOCCCS(=O)c1nccn1-c1cccc(CO)c1. The number of aliphatic hydroxyl groups excluding tert-OH is 1. The van der Waals surface area contributed by atoms with Crippen LogP contribution in [-0.4, -0.2) is 58.3 Å². The highest BCUT2D eigenvalue weighted by Crippen LogP contribution is 2.16. The zero-order valence-corrected chi connectivity index (χ0v) is 15.1. The Kier molecular flexibility index (Phi) is 8.78. The lowest BCUT2D eigenvalue weighted by Crippen LogP contribution is -2.10. The Morgan fingerprint density at radius 2 is 2.08 bits per heavy atom. The molecule has 25 heavy (non-hydrogen) atoms. The summed E-state index contributed by atoms with van der Waals surface area (Å²) >= 11 is 0. The molecule has 1 aromatic carbocycles. The van der Waals surface area contributed by atoms with Crippen LogP contribution in [-0.2, 0) is 31.6 Å². The number of nitrogens with zero attached hydrogens (tertiary/aromatic N) is 2. The van der Waals surface area contributed by atoms with E-state index in [0.717, 1.165) is 11.3 Å². The number of ether oxygens (including phenoxy) is 3. The molecule has 0 aliphatic carbocycles. The predicted molar refractivity (Wildman–Crippen MR) is 94.0 cm³/mol. The average molecular weight is 368 g/mol. The topological polar surface area (TPSA) is 82.8 Å². The molecule has 0 fully saturated rings. The van der Waals surface area contributed by atoms with Crippen LogP contribution in [0.15, 0.2) is 41.8 Å². The van der Waals surface area contributed by atoms with Gasteiger partial charge in [-0.15, -0.1) is 0 Å². The van der Waals surface area contributed by atoms with Crippen LogP contribution in [0.25, 0.3) is 5.69 Å². The summed E-state index contributed by atoms with van der Waals surface area (Å²) in [6, 6.07) is 7.43. The average Bonchev–Trinajstić information content (AvgIpc) is 3.13. The lowest BCUT2D eigenvalue weighted by atomic mass is 10.2. The third-order valence-corrected chi connectivity index (χ3v) is 4.77. The van der Waals surface area contributed by atoms with Gasteiger partial charge >= 0.3 is 0 Å². The second kappa shape index (κ2) is 11.1. The molecule has 1 unspecified atom stereocenters. The molecule has 0 amide bonds. The van der Waals surface area contributed by atoms with E-state index in [0.29, 0.717) is 37.2 Å². The number of benzene rings is 1. The van der Waals surface area contributed by atoms with Crippen LogP contribution in [0.5, 0.6) is 0 Å². The number of rotatable bonds is 12. The van der Waals surface area contributed by atoms with Gasteiger partial charge in [-0.25, -0.2) is 4.98 Å². The number of hydrogen-bond donors (Lipinski definition) is 1. The summed E-state index contributed by atoms with van der Waals surface area (Å²) in [7, 11) is 0.380. The van der Waals surface area contributed by atoms with Crippen LogP contribution >= 0.6 is 0 Å². The van der Waals surface area contributed by atoms with E-state index in [4.69, 9.17) is 14.2 Å². The minimum atomic E-state index is -1.23. The van der Waals surface area contributed by atoms with Gasteiger partial charge in [0, 0.05) is 30.9 Å². The molecule has 0 aliphatic heterocycles. The fourth-order valence-corrected chi connectivity index (χ4v) is 3.29. The normalized spacial score (nSPS) is 12.4. The Bertz CT molecular complexity index is 662. The molecular formula is C17H24N2O5S. The van der Waals surface area contributed by atoms with E-state index >= 15 is 0 Å². The summed E-state index contributed by atoms with van der Waals surface area (Å²) in [6.07, 6.45) is 4.03. The molecule has 0 saturated carbocycles. The van der Waals surface area contributed by atoms with Crippen molar-refractivity contribution in [3.8, 4) is 5.69 Å². The van der Waals surface area contributed by atoms with Gasteiger partial charge in [-0.05, 0) is 24.1 Å². The standard InChI is InChI=1S/C17H24N2O5S/c1-22-9-10-24-14-23-8-3-11-25(21)17-18-6-7-19(17)16-5-2-4-15(12-16)13-20/h2,4-7,12,20H,3,8-11,13-14H2,1H3. The molecule has 0 aliphatic rings. The molecule has 1 atom stereocenters.